The Balaban J connectivity index is 2.35. The van der Waals surface area contributed by atoms with Gasteiger partial charge in [0, 0.05) is 10.8 Å². The molecule has 1 aromatic carbocycles. The molecule has 0 spiro atoms. The van der Waals surface area contributed by atoms with Crippen molar-refractivity contribution >= 4 is 0 Å². The first-order chi connectivity index (χ1) is 7.59. The summed E-state index contributed by atoms with van der Waals surface area (Å²) < 4.78 is 0. The average molecular weight is 223 g/mol. The van der Waals surface area contributed by atoms with E-state index < -0.39 is 6.10 Å². The fourth-order valence-corrected chi connectivity index (χ4v) is 1.60. The average Bonchev–Trinajstić information content (AvgIpc) is 2.26. The number of benzene rings is 1. The van der Waals surface area contributed by atoms with Gasteiger partial charge < -0.3 is 5.11 Å². The van der Waals surface area contributed by atoms with Crippen LogP contribution in [-0.2, 0) is 6.42 Å². The van der Waals surface area contributed by atoms with Crippen LogP contribution in [0.15, 0.2) is 30.3 Å². The Bertz CT molecular complexity index is 326. The van der Waals surface area contributed by atoms with Gasteiger partial charge in [-0.15, -0.1) is 0 Å². The molecule has 0 saturated heterocycles. The molecule has 0 aliphatic heterocycles. The lowest BCUT2D eigenvalue weighted by Gasteiger charge is -2.14. The van der Waals surface area contributed by atoms with Crippen molar-refractivity contribution in [2.24, 2.45) is 5.92 Å². The predicted molar refractivity (Wildman–Crippen MR) is 61.8 cm³/mol. The molecule has 0 heterocycles. The minimum atomic E-state index is -0.606. The molecule has 1 aromatic rings. The molecule has 0 fully saturated rings. The Morgan fingerprint density at radius 1 is 1.38 bits per heavy atom. The first-order valence-corrected chi connectivity index (χ1v) is 5.43. The van der Waals surface area contributed by atoms with Gasteiger partial charge in [0.1, 0.15) is 0 Å². The summed E-state index contributed by atoms with van der Waals surface area (Å²) in [5, 5.41) is 20.0. The SMILES string of the molecule is C[C@H](C[N+](=O)[O-])[C@H](O)CCc1ccccc1. The van der Waals surface area contributed by atoms with Crippen molar-refractivity contribution in [3.05, 3.63) is 46.0 Å². The normalized spacial score (nSPS) is 14.4. The Hall–Kier alpha value is -1.42. The standard InChI is InChI=1S/C12H17NO3/c1-10(9-13(15)16)12(14)8-7-11-5-3-2-4-6-11/h2-6,10,12,14H,7-9H2,1H3/t10-,12-/m1/s1. The molecular weight excluding hydrogens is 206 g/mol. The number of hydrogen-bond acceptors (Lipinski definition) is 3. The maximum atomic E-state index is 10.3. The first kappa shape index (κ1) is 12.6. The molecular formula is C12H17NO3. The van der Waals surface area contributed by atoms with E-state index in [0.717, 1.165) is 12.0 Å². The monoisotopic (exact) mass is 223 g/mol. The van der Waals surface area contributed by atoms with Gasteiger partial charge in [-0.2, -0.15) is 0 Å². The molecule has 0 aliphatic carbocycles. The second-order valence-corrected chi connectivity index (χ2v) is 4.08. The topological polar surface area (TPSA) is 63.4 Å². The smallest absolute Gasteiger partial charge is 0.208 e. The zero-order valence-corrected chi connectivity index (χ0v) is 9.37. The van der Waals surface area contributed by atoms with Gasteiger partial charge in [0.25, 0.3) is 0 Å². The number of aryl methyl sites for hydroxylation is 1. The molecule has 0 aliphatic rings. The third kappa shape index (κ3) is 4.40. The maximum Gasteiger partial charge on any atom is 0.208 e. The van der Waals surface area contributed by atoms with E-state index in [9.17, 15) is 15.2 Å². The van der Waals surface area contributed by atoms with Crippen LogP contribution in [0.2, 0.25) is 0 Å². The van der Waals surface area contributed by atoms with Crippen LogP contribution >= 0.6 is 0 Å². The highest BCUT2D eigenvalue weighted by molar-refractivity contribution is 5.14. The fourth-order valence-electron chi connectivity index (χ4n) is 1.60. The summed E-state index contributed by atoms with van der Waals surface area (Å²) in [6, 6.07) is 9.81. The minimum Gasteiger partial charge on any atom is -0.393 e. The Morgan fingerprint density at radius 2 is 2.00 bits per heavy atom. The molecule has 1 rings (SSSR count). The maximum absolute atomic E-state index is 10.3. The van der Waals surface area contributed by atoms with E-state index in [-0.39, 0.29) is 17.4 Å². The van der Waals surface area contributed by atoms with Gasteiger partial charge in [-0.25, -0.2) is 0 Å². The van der Waals surface area contributed by atoms with Crippen LogP contribution in [0.3, 0.4) is 0 Å². The molecule has 0 radical (unpaired) electrons. The first-order valence-electron chi connectivity index (χ1n) is 5.43. The van der Waals surface area contributed by atoms with E-state index >= 15 is 0 Å². The zero-order chi connectivity index (χ0) is 12.0. The second kappa shape index (κ2) is 6.23. The van der Waals surface area contributed by atoms with Crippen LogP contribution in [0, 0.1) is 16.0 Å². The number of aliphatic hydroxyl groups excluding tert-OH is 1. The summed E-state index contributed by atoms with van der Waals surface area (Å²) in [7, 11) is 0. The molecule has 4 nitrogen and oxygen atoms in total. The summed E-state index contributed by atoms with van der Waals surface area (Å²) in [4.78, 5) is 9.90. The van der Waals surface area contributed by atoms with Crippen LogP contribution in [0.4, 0.5) is 0 Å². The lowest BCUT2D eigenvalue weighted by Crippen LogP contribution is -2.25. The van der Waals surface area contributed by atoms with Crippen molar-refractivity contribution in [3.8, 4) is 0 Å². The highest BCUT2D eigenvalue weighted by Gasteiger charge is 2.18. The second-order valence-electron chi connectivity index (χ2n) is 4.08. The number of rotatable bonds is 6. The molecule has 16 heavy (non-hydrogen) atoms. The van der Waals surface area contributed by atoms with Crippen molar-refractivity contribution in [2.75, 3.05) is 6.54 Å². The van der Waals surface area contributed by atoms with Crippen molar-refractivity contribution in [3.63, 3.8) is 0 Å². The van der Waals surface area contributed by atoms with Crippen LogP contribution in [0.1, 0.15) is 18.9 Å². The number of hydrogen-bond donors (Lipinski definition) is 1. The molecule has 0 saturated carbocycles. The Labute approximate surface area is 95.1 Å². The highest BCUT2D eigenvalue weighted by atomic mass is 16.6. The third-order valence-electron chi connectivity index (χ3n) is 2.67. The predicted octanol–water partition coefficient (Wildman–Crippen LogP) is 1.89. The Morgan fingerprint density at radius 3 is 2.56 bits per heavy atom. The van der Waals surface area contributed by atoms with Crippen molar-refractivity contribution < 1.29 is 10.0 Å². The Kier molecular flexibility index (Phi) is 4.92. The lowest BCUT2D eigenvalue weighted by atomic mass is 9.98. The van der Waals surface area contributed by atoms with Crippen molar-refractivity contribution in [2.45, 2.75) is 25.9 Å². The number of nitro groups is 1. The number of nitrogens with zero attached hydrogens (tertiary/aromatic N) is 1. The molecule has 0 aromatic heterocycles. The summed E-state index contributed by atoms with van der Waals surface area (Å²) >= 11 is 0. The number of aliphatic hydroxyl groups is 1. The van der Waals surface area contributed by atoms with Gasteiger partial charge in [0.2, 0.25) is 6.54 Å². The zero-order valence-electron chi connectivity index (χ0n) is 9.37. The lowest BCUT2D eigenvalue weighted by molar-refractivity contribution is -0.489. The van der Waals surface area contributed by atoms with Crippen LogP contribution in [-0.4, -0.2) is 22.7 Å². The molecule has 1 N–H and O–H groups in total. The van der Waals surface area contributed by atoms with Gasteiger partial charge in [0.15, 0.2) is 0 Å². The minimum absolute atomic E-state index is 0.171. The summed E-state index contributed by atoms with van der Waals surface area (Å²) in [6.07, 6.45) is 0.717. The summed E-state index contributed by atoms with van der Waals surface area (Å²) in [6.45, 7) is 1.54. The van der Waals surface area contributed by atoms with Crippen LogP contribution in [0.25, 0.3) is 0 Å². The van der Waals surface area contributed by atoms with Crippen LogP contribution < -0.4 is 0 Å². The van der Waals surface area contributed by atoms with Gasteiger partial charge in [-0.3, -0.25) is 10.1 Å². The van der Waals surface area contributed by atoms with E-state index in [1.54, 1.807) is 6.92 Å². The van der Waals surface area contributed by atoms with E-state index in [2.05, 4.69) is 0 Å². The van der Waals surface area contributed by atoms with Crippen molar-refractivity contribution in [1.29, 1.82) is 0 Å². The molecule has 0 unspecified atom stereocenters. The summed E-state index contributed by atoms with van der Waals surface area (Å²) in [5.41, 5.74) is 1.15. The van der Waals surface area contributed by atoms with Gasteiger partial charge in [-0.1, -0.05) is 37.3 Å². The molecule has 4 heteroatoms. The van der Waals surface area contributed by atoms with E-state index in [1.807, 2.05) is 30.3 Å². The fraction of sp³-hybridized carbons (Fsp3) is 0.500. The van der Waals surface area contributed by atoms with Gasteiger partial charge in [-0.05, 0) is 18.4 Å². The van der Waals surface area contributed by atoms with E-state index in [0.29, 0.717) is 6.42 Å². The van der Waals surface area contributed by atoms with E-state index in [1.165, 1.54) is 0 Å². The molecule has 88 valence electrons. The van der Waals surface area contributed by atoms with Gasteiger partial charge in [0.05, 0.1) is 6.10 Å². The molecule has 0 bridgehead atoms. The quantitative estimate of drug-likeness (QED) is 0.591. The van der Waals surface area contributed by atoms with Gasteiger partial charge >= 0.3 is 0 Å². The van der Waals surface area contributed by atoms with E-state index in [4.69, 9.17) is 0 Å². The molecule has 0 amide bonds. The van der Waals surface area contributed by atoms with Crippen LogP contribution in [0.5, 0.6) is 0 Å². The highest BCUT2D eigenvalue weighted by Crippen LogP contribution is 2.11. The third-order valence-corrected chi connectivity index (χ3v) is 2.67. The largest absolute Gasteiger partial charge is 0.393 e. The van der Waals surface area contributed by atoms with Crippen molar-refractivity contribution in [1.82, 2.24) is 0 Å². The summed E-state index contributed by atoms with van der Waals surface area (Å²) in [5.74, 6) is -0.293. The molecule has 2 atom stereocenters.